The number of carbonyl (C=O) groups is 1. The second-order valence-corrected chi connectivity index (χ2v) is 5.42. The topological polar surface area (TPSA) is 80.9 Å². The van der Waals surface area contributed by atoms with E-state index in [2.05, 4.69) is 15.5 Å². The fourth-order valence-corrected chi connectivity index (χ4v) is 1.90. The molecular formula is C13H16N4O2. The molecule has 0 aliphatic rings. The third-order valence-corrected chi connectivity index (χ3v) is 2.90. The highest BCUT2D eigenvalue weighted by Crippen LogP contribution is 2.24. The average Bonchev–Trinajstić information content (AvgIpc) is 2.77. The maximum Gasteiger partial charge on any atom is 0.336 e. The van der Waals surface area contributed by atoms with Gasteiger partial charge in [-0.25, -0.2) is 4.79 Å². The number of hydrogen-bond donors (Lipinski definition) is 1. The van der Waals surface area contributed by atoms with E-state index in [-0.39, 0.29) is 11.0 Å². The molecule has 0 spiro atoms. The van der Waals surface area contributed by atoms with Gasteiger partial charge in [-0.2, -0.15) is 4.68 Å². The molecule has 1 heterocycles. The highest BCUT2D eigenvalue weighted by Gasteiger charge is 2.24. The summed E-state index contributed by atoms with van der Waals surface area (Å²) in [6.45, 7) is 7.77. The van der Waals surface area contributed by atoms with E-state index in [1.165, 1.54) is 0 Å². The molecule has 2 rings (SSSR count). The summed E-state index contributed by atoms with van der Waals surface area (Å²) in [5, 5.41) is 20.9. The summed E-state index contributed by atoms with van der Waals surface area (Å²) < 4.78 is 1.60. The Balaban J connectivity index is 2.64. The molecule has 0 saturated heterocycles. The van der Waals surface area contributed by atoms with Crippen LogP contribution in [0.3, 0.4) is 0 Å². The van der Waals surface area contributed by atoms with Gasteiger partial charge in [-0.05, 0) is 35.0 Å². The molecule has 19 heavy (non-hydrogen) atoms. The summed E-state index contributed by atoms with van der Waals surface area (Å²) in [6, 6.07) is 5.08. The predicted molar refractivity (Wildman–Crippen MR) is 69.6 cm³/mol. The quantitative estimate of drug-likeness (QED) is 0.892. The number of benzene rings is 1. The number of hydrogen-bond acceptors (Lipinski definition) is 4. The molecule has 0 amide bonds. The van der Waals surface area contributed by atoms with Gasteiger partial charge in [-0.1, -0.05) is 26.8 Å². The van der Waals surface area contributed by atoms with Crippen LogP contribution in [0, 0.1) is 6.92 Å². The second kappa shape index (κ2) is 4.46. The summed E-state index contributed by atoms with van der Waals surface area (Å²) in [6.07, 6.45) is 0. The van der Waals surface area contributed by atoms with Crippen molar-refractivity contribution in [1.29, 1.82) is 0 Å². The van der Waals surface area contributed by atoms with Crippen LogP contribution in [0.5, 0.6) is 0 Å². The molecule has 1 aromatic carbocycles. The molecule has 0 saturated carbocycles. The monoisotopic (exact) mass is 260 g/mol. The molecule has 0 atom stereocenters. The molecular weight excluding hydrogens is 244 g/mol. The molecule has 2 aromatic rings. The van der Waals surface area contributed by atoms with Crippen molar-refractivity contribution in [1.82, 2.24) is 20.2 Å². The lowest BCUT2D eigenvalue weighted by molar-refractivity contribution is 0.0696. The number of rotatable bonds is 2. The fraction of sp³-hybridized carbons (Fsp3) is 0.385. The van der Waals surface area contributed by atoms with Gasteiger partial charge in [0.25, 0.3) is 0 Å². The van der Waals surface area contributed by atoms with Crippen LogP contribution in [0.1, 0.15) is 42.5 Å². The van der Waals surface area contributed by atoms with Gasteiger partial charge in [0.1, 0.15) is 0 Å². The molecule has 1 aromatic heterocycles. The first-order valence-corrected chi connectivity index (χ1v) is 5.94. The zero-order valence-corrected chi connectivity index (χ0v) is 11.4. The molecule has 0 radical (unpaired) electrons. The Bertz CT molecular complexity index is 626. The van der Waals surface area contributed by atoms with E-state index in [0.717, 1.165) is 0 Å². The highest BCUT2D eigenvalue weighted by molar-refractivity contribution is 5.90. The predicted octanol–water partition coefficient (Wildman–Crippen LogP) is 1.97. The Labute approximate surface area is 111 Å². The lowest BCUT2D eigenvalue weighted by Crippen LogP contribution is -2.19. The summed E-state index contributed by atoms with van der Waals surface area (Å²) in [5.74, 6) is -0.261. The minimum atomic E-state index is -0.954. The maximum atomic E-state index is 11.2. The van der Waals surface area contributed by atoms with Crippen LogP contribution in [-0.4, -0.2) is 31.3 Å². The van der Waals surface area contributed by atoms with E-state index < -0.39 is 5.97 Å². The Morgan fingerprint density at radius 3 is 2.58 bits per heavy atom. The van der Waals surface area contributed by atoms with E-state index >= 15 is 0 Å². The van der Waals surface area contributed by atoms with E-state index in [1.807, 2.05) is 26.8 Å². The molecule has 0 bridgehead atoms. The molecule has 100 valence electrons. The second-order valence-electron chi connectivity index (χ2n) is 5.42. The minimum absolute atomic E-state index is 0.227. The van der Waals surface area contributed by atoms with Gasteiger partial charge in [0, 0.05) is 5.41 Å². The third-order valence-electron chi connectivity index (χ3n) is 2.90. The van der Waals surface area contributed by atoms with Gasteiger partial charge in [-0.3, -0.25) is 0 Å². The Hall–Kier alpha value is -2.24. The van der Waals surface area contributed by atoms with Crippen molar-refractivity contribution >= 4 is 5.97 Å². The van der Waals surface area contributed by atoms with Gasteiger partial charge in [-0.15, -0.1) is 5.10 Å². The van der Waals surface area contributed by atoms with Crippen LogP contribution >= 0.6 is 0 Å². The molecule has 0 fully saturated rings. The van der Waals surface area contributed by atoms with Crippen LogP contribution in [0.2, 0.25) is 0 Å². The first-order chi connectivity index (χ1) is 8.82. The number of carboxylic acid groups (broad SMARTS) is 1. The number of aromatic nitrogens is 4. The van der Waals surface area contributed by atoms with Crippen molar-refractivity contribution in [2.45, 2.75) is 33.1 Å². The molecule has 6 nitrogen and oxygen atoms in total. The number of carboxylic acids is 1. The van der Waals surface area contributed by atoms with Gasteiger partial charge >= 0.3 is 5.97 Å². The van der Waals surface area contributed by atoms with E-state index in [4.69, 9.17) is 5.11 Å². The van der Waals surface area contributed by atoms with Crippen molar-refractivity contribution in [3.05, 3.63) is 35.2 Å². The van der Waals surface area contributed by atoms with E-state index in [9.17, 15) is 4.79 Å². The van der Waals surface area contributed by atoms with E-state index in [0.29, 0.717) is 17.1 Å². The van der Waals surface area contributed by atoms with Gasteiger partial charge in [0.15, 0.2) is 5.82 Å². The van der Waals surface area contributed by atoms with Crippen molar-refractivity contribution in [2.75, 3.05) is 0 Å². The molecule has 6 heteroatoms. The molecule has 0 aliphatic carbocycles. The summed E-state index contributed by atoms with van der Waals surface area (Å²) >= 11 is 0. The van der Waals surface area contributed by atoms with Crippen LogP contribution in [0.4, 0.5) is 0 Å². The van der Waals surface area contributed by atoms with Crippen molar-refractivity contribution in [2.24, 2.45) is 0 Å². The first-order valence-electron chi connectivity index (χ1n) is 5.94. The van der Waals surface area contributed by atoms with E-state index in [1.54, 1.807) is 23.7 Å². The number of tetrazole rings is 1. The zero-order valence-electron chi connectivity index (χ0n) is 11.4. The standard InChI is InChI=1S/C13H16N4O2/c1-8-9(11(18)19)6-5-7-10(8)17-12(13(2,3)4)14-15-16-17/h5-7H,1-4H3,(H,18,19). The van der Waals surface area contributed by atoms with Crippen LogP contribution in [0.15, 0.2) is 18.2 Å². The fourth-order valence-electron chi connectivity index (χ4n) is 1.90. The smallest absolute Gasteiger partial charge is 0.336 e. The molecule has 1 N–H and O–H groups in total. The van der Waals surface area contributed by atoms with Gasteiger partial charge in [0.05, 0.1) is 11.3 Å². The Kier molecular flexibility index (Phi) is 3.09. The van der Waals surface area contributed by atoms with Crippen LogP contribution in [-0.2, 0) is 5.41 Å². The Morgan fingerprint density at radius 2 is 2.00 bits per heavy atom. The van der Waals surface area contributed by atoms with Crippen molar-refractivity contribution < 1.29 is 9.90 Å². The van der Waals surface area contributed by atoms with Gasteiger partial charge < -0.3 is 5.11 Å². The molecule has 0 aliphatic heterocycles. The first kappa shape index (κ1) is 13.2. The minimum Gasteiger partial charge on any atom is -0.478 e. The number of aromatic carboxylic acids is 1. The number of nitrogens with zero attached hydrogens (tertiary/aromatic N) is 4. The van der Waals surface area contributed by atoms with Crippen LogP contribution < -0.4 is 0 Å². The largest absolute Gasteiger partial charge is 0.478 e. The normalized spacial score (nSPS) is 11.6. The Morgan fingerprint density at radius 1 is 1.32 bits per heavy atom. The van der Waals surface area contributed by atoms with Crippen LogP contribution in [0.25, 0.3) is 5.69 Å². The average molecular weight is 260 g/mol. The van der Waals surface area contributed by atoms with Gasteiger partial charge in [0.2, 0.25) is 0 Å². The molecule has 0 unspecified atom stereocenters. The van der Waals surface area contributed by atoms with Crippen molar-refractivity contribution in [3.8, 4) is 5.69 Å². The summed E-state index contributed by atoms with van der Waals surface area (Å²) in [4.78, 5) is 11.2. The zero-order chi connectivity index (χ0) is 14.2. The highest BCUT2D eigenvalue weighted by atomic mass is 16.4. The maximum absolute atomic E-state index is 11.2. The third kappa shape index (κ3) is 2.33. The SMILES string of the molecule is Cc1c(C(=O)O)cccc1-n1nnnc1C(C)(C)C. The van der Waals surface area contributed by atoms with Crippen molar-refractivity contribution in [3.63, 3.8) is 0 Å². The lowest BCUT2D eigenvalue weighted by Gasteiger charge is -2.18. The summed E-state index contributed by atoms with van der Waals surface area (Å²) in [5.41, 5.74) is 1.37. The lowest BCUT2D eigenvalue weighted by atomic mass is 9.95. The summed E-state index contributed by atoms with van der Waals surface area (Å²) in [7, 11) is 0.